The van der Waals surface area contributed by atoms with Gasteiger partial charge in [0.15, 0.2) is 0 Å². The molecule has 1 aliphatic rings. The second kappa shape index (κ2) is 23.4. The third kappa shape index (κ3) is 12.8. The Morgan fingerprint density at radius 3 is 1.55 bits per heavy atom. The van der Waals surface area contributed by atoms with Crippen molar-refractivity contribution < 1.29 is 19.1 Å². The van der Waals surface area contributed by atoms with Crippen LogP contribution in [-0.4, -0.2) is 4.70 Å². The van der Waals surface area contributed by atoms with Crippen molar-refractivity contribution in [2.75, 3.05) is 0 Å². The molecule has 0 bridgehead atoms. The molecule has 2 aromatic carbocycles. The summed E-state index contributed by atoms with van der Waals surface area (Å²) in [6.07, 6.45) is 20.5. The second-order valence-corrected chi connectivity index (χ2v) is 13.8. The number of benzene rings is 2. The van der Waals surface area contributed by atoms with Crippen molar-refractivity contribution >= 4 is 11.4 Å². The van der Waals surface area contributed by atoms with Gasteiger partial charge in [-0.25, -0.2) is 4.70 Å². The van der Waals surface area contributed by atoms with Crippen LogP contribution in [-0.2, 0) is 27.3 Å². The monoisotopic (exact) mass is 642 g/mol. The summed E-state index contributed by atoms with van der Waals surface area (Å²) in [5.74, 6) is 0. The Balaban J connectivity index is 0.000000651. The molecule has 2 aromatic rings. The van der Waals surface area contributed by atoms with Crippen LogP contribution >= 0.6 is 0 Å². The summed E-state index contributed by atoms with van der Waals surface area (Å²) in [4.78, 5) is 0. The topological polar surface area (TPSA) is 25.3 Å². The molecule has 0 fully saturated rings. The molecule has 0 amide bonds. The van der Waals surface area contributed by atoms with Crippen LogP contribution in [0, 0.1) is 0 Å². The van der Waals surface area contributed by atoms with Gasteiger partial charge in [0, 0.05) is 22.3 Å². The Morgan fingerprint density at radius 2 is 1.00 bits per heavy atom. The van der Waals surface area contributed by atoms with Crippen molar-refractivity contribution in [3.05, 3.63) is 87.5 Å². The number of unbranched alkanes of at least 4 members (excludes halogenated alkanes) is 7. The molecule has 2 nitrogen and oxygen atoms in total. The Hall–Kier alpha value is -1.99. The molecule has 0 spiro atoms. The normalized spacial score (nSPS) is 13.2. The maximum absolute atomic E-state index is 11.7. The first kappa shape index (κ1) is 38.2. The average Bonchev–Trinajstić information content (AvgIpc) is 3.32. The van der Waals surface area contributed by atoms with Crippen LogP contribution in [0.2, 0.25) is 10.8 Å². The number of rotatable bonds is 21. The van der Waals surface area contributed by atoms with E-state index in [9.17, 15) is 5.53 Å². The standard InChI is InChI=1S/C33H46N2.2C4H9.Ni/c1-5-9-13-16-26-21-23-28(24-22-26)32-30(19-11-7-3)31(20-12-8-4)33(35(32)34)29-18-14-17-27(25-29)15-10-6-2;2*1-3-4-2;/h14,17-18,21-25H,5-13,15-16,19-20H2,1-4H3;2*1,3-4H2,2H3;. The first-order chi connectivity index (χ1) is 21.6. The molecule has 0 N–H and O–H groups in total. The number of aryl methyl sites for hydroxylation is 2. The Kier molecular flexibility index (Phi) is 20.3. The molecular formula is C41H64N2Ni. The predicted molar refractivity (Wildman–Crippen MR) is 191 cm³/mol. The zero-order chi connectivity index (χ0) is 32.0. The summed E-state index contributed by atoms with van der Waals surface area (Å²) in [6.45, 7) is 13.5. The maximum atomic E-state index is 11.7. The molecule has 3 heteroatoms. The van der Waals surface area contributed by atoms with Crippen molar-refractivity contribution in [3.63, 3.8) is 0 Å². The summed E-state index contributed by atoms with van der Waals surface area (Å²) in [5, 5.41) is 2.78. The molecule has 0 saturated heterocycles. The molecule has 0 saturated carbocycles. The molecule has 44 heavy (non-hydrogen) atoms. The van der Waals surface area contributed by atoms with Crippen molar-refractivity contribution in [3.8, 4) is 0 Å². The van der Waals surface area contributed by atoms with E-state index in [0.717, 1.165) is 73.9 Å². The summed E-state index contributed by atoms with van der Waals surface area (Å²) in [6, 6.07) is 17.8. The van der Waals surface area contributed by atoms with E-state index in [1.807, 2.05) is 14.4 Å². The third-order valence-corrected chi connectivity index (χ3v) is 9.79. The molecule has 1 heterocycles. The van der Waals surface area contributed by atoms with Crippen molar-refractivity contribution in [2.24, 2.45) is 0 Å². The van der Waals surface area contributed by atoms with Crippen LogP contribution in [0.25, 0.3) is 16.9 Å². The van der Waals surface area contributed by atoms with Gasteiger partial charge in [0.1, 0.15) is 0 Å². The fraction of sp³-hybridized carbons (Fsp3) is 0.610. The SMILES string of the molecule is CCCCCc1ccc(C2=C(CCCC)C(CCCC)=C(c3cccc(CCCC)c3)[N+]2=[N-])cc1.CCC[CH2][Ni][CH2]CCC. The number of nitrogens with zero attached hydrogens (tertiary/aromatic N) is 2. The van der Waals surface area contributed by atoms with Crippen molar-refractivity contribution in [2.45, 2.75) is 161 Å². The van der Waals surface area contributed by atoms with Gasteiger partial charge in [-0.1, -0.05) is 84.1 Å². The van der Waals surface area contributed by atoms with Crippen LogP contribution in [0.4, 0.5) is 0 Å². The van der Waals surface area contributed by atoms with Crippen LogP contribution in [0.5, 0.6) is 0 Å². The zero-order valence-corrected chi connectivity index (χ0v) is 30.3. The molecule has 0 aliphatic carbocycles. The van der Waals surface area contributed by atoms with Gasteiger partial charge in [0.25, 0.3) is 0 Å². The van der Waals surface area contributed by atoms with Gasteiger partial charge < -0.3 is 5.53 Å². The van der Waals surface area contributed by atoms with Gasteiger partial charge in [-0.2, -0.15) is 0 Å². The van der Waals surface area contributed by atoms with E-state index < -0.39 is 0 Å². The van der Waals surface area contributed by atoms with E-state index >= 15 is 0 Å². The summed E-state index contributed by atoms with van der Waals surface area (Å²) >= 11 is 1.94. The molecule has 1 aliphatic heterocycles. The number of hydrogen-bond acceptors (Lipinski definition) is 0. The van der Waals surface area contributed by atoms with E-state index in [1.165, 1.54) is 95.5 Å². The van der Waals surface area contributed by atoms with Crippen LogP contribution in [0.15, 0.2) is 59.7 Å². The van der Waals surface area contributed by atoms with Crippen LogP contribution < -0.4 is 0 Å². The van der Waals surface area contributed by atoms with Gasteiger partial charge in [0.05, 0.1) is 0 Å². The fourth-order valence-corrected chi connectivity index (χ4v) is 7.06. The third-order valence-electron chi connectivity index (χ3n) is 8.39. The summed E-state index contributed by atoms with van der Waals surface area (Å²) in [7, 11) is 0. The van der Waals surface area contributed by atoms with Gasteiger partial charge in [-0.3, -0.25) is 0 Å². The zero-order valence-electron chi connectivity index (χ0n) is 29.3. The van der Waals surface area contributed by atoms with Gasteiger partial charge in [-0.15, -0.1) is 0 Å². The quantitative estimate of drug-likeness (QED) is 0.0735. The van der Waals surface area contributed by atoms with E-state index in [2.05, 4.69) is 90.1 Å². The van der Waals surface area contributed by atoms with E-state index in [-0.39, 0.29) is 0 Å². The van der Waals surface area contributed by atoms with Crippen molar-refractivity contribution in [1.29, 1.82) is 0 Å². The van der Waals surface area contributed by atoms with E-state index in [0.29, 0.717) is 0 Å². The number of hydrogen-bond donors (Lipinski definition) is 0. The van der Waals surface area contributed by atoms with Gasteiger partial charge >= 0.3 is 64.8 Å². The molecule has 0 unspecified atom stereocenters. The first-order valence-corrected chi connectivity index (χ1v) is 19.5. The van der Waals surface area contributed by atoms with Crippen LogP contribution in [0.3, 0.4) is 0 Å². The first-order valence-electron chi connectivity index (χ1n) is 18.1. The Morgan fingerprint density at radius 1 is 0.500 bits per heavy atom. The molecule has 3 rings (SSSR count). The summed E-state index contributed by atoms with van der Waals surface area (Å²) < 4.78 is 1.53. The minimum absolute atomic E-state index is 0.999. The van der Waals surface area contributed by atoms with E-state index in [4.69, 9.17) is 0 Å². The minimum atomic E-state index is 0.999. The van der Waals surface area contributed by atoms with E-state index in [1.54, 1.807) is 0 Å². The molecular weight excluding hydrogens is 579 g/mol. The summed E-state index contributed by atoms with van der Waals surface area (Å²) in [5.41, 5.74) is 21.4. The molecule has 248 valence electrons. The van der Waals surface area contributed by atoms with Crippen LogP contribution in [0.1, 0.15) is 160 Å². The Bertz CT molecular complexity index is 1140. The average molecular weight is 644 g/mol. The molecule has 0 aromatic heterocycles. The predicted octanol–water partition coefficient (Wildman–Crippen LogP) is 13.8. The van der Waals surface area contributed by atoms with Crippen molar-refractivity contribution in [1.82, 2.24) is 0 Å². The molecule has 0 atom stereocenters. The van der Waals surface area contributed by atoms with Gasteiger partial charge in [0.2, 0.25) is 11.4 Å². The Labute approximate surface area is 278 Å². The fourth-order valence-electron chi connectivity index (χ4n) is 5.62. The van der Waals surface area contributed by atoms with Gasteiger partial charge in [-0.05, 0) is 86.8 Å². The second-order valence-electron chi connectivity index (χ2n) is 12.3. The number of allylic oxidation sites excluding steroid dienone is 2. The molecule has 0 radical (unpaired) electrons.